The maximum atomic E-state index is 12.9. The average molecular weight is 398 g/mol. The number of carbonyl (C=O) groups is 2. The Bertz CT molecular complexity index is 943. The number of anilines is 1. The SMILES string of the molecule is COc1ccc(CCNC(=O)C2(C)Oc3ccc(C)cc3N(C)C2=O)cc1OC. The molecule has 2 aromatic carbocycles. The molecule has 3 rings (SSSR count). The van der Waals surface area contributed by atoms with Crippen molar-refractivity contribution < 1.29 is 23.8 Å². The molecular weight excluding hydrogens is 372 g/mol. The fourth-order valence-electron chi connectivity index (χ4n) is 3.34. The van der Waals surface area contributed by atoms with E-state index in [-0.39, 0.29) is 0 Å². The summed E-state index contributed by atoms with van der Waals surface area (Å²) < 4.78 is 16.4. The molecule has 1 heterocycles. The first kappa shape index (κ1) is 20.5. The molecule has 0 radical (unpaired) electrons. The van der Waals surface area contributed by atoms with Gasteiger partial charge in [0, 0.05) is 13.6 Å². The Hall–Kier alpha value is -3.22. The molecular formula is C22H26N2O5. The lowest BCUT2D eigenvalue weighted by Gasteiger charge is -2.38. The smallest absolute Gasteiger partial charge is 0.280 e. The van der Waals surface area contributed by atoms with Crippen molar-refractivity contribution in [3.63, 3.8) is 0 Å². The van der Waals surface area contributed by atoms with E-state index in [2.05, 4.69) is 5.32 Å². The minimum atomic E-state index is -1.62. The van der Waals surface area contributed by atoms with Crippen molar-refractivity contribution in [2.45, 2.75) is 25.9 Å². The molecule has 29 heavy (non-hydrogen) atoms. The predicted octanol–water partition coefficient (Wildman–Crippen LogP) is 2.49. The fourth-order valence-corrected chi connectivity index (χ4v) is 3.34. The Balaban J connectivity index is 1.69. The van der Waals surface area contributed by atoms with E-state index >= 15 is 0 Å². The van der Waals surface area contributed by atoms with Crippen LogP contribution in [0.5, 0.6) is 17.2 Å². The standard InChI is InChI=1S/C22H26N2O5/c1-14-6-8-17-16(12-14)24(3)21(26)22(2,29-17)20(25)23-11-10-15-7-9-18(27-4)19(13-15)28-5/h6-9,12-13H,10-11H2,1-5H3,(H,23,25). The molecule has 0 saturated carbocycles. The van der Waals surface area contributed by atoms with Crippen LogP contribution in [0.2, 0.25) is 0 Å². The van der Waals surface area contributed by atoms with E-state index in [1.165, 1.54) is 11.8 Å². The second-order valence-corrected chi connectivity index (χ2v) is 7.17. The Morgan fingerprint density at radius 2 is 1.86 bits per heavy atom. The van der Waals surface area contributed by atoms with Crippen LogP contribution in [0.3, 0.4) is 0 Å². The molecule has 2 aromatic rings. The average Bonchev–Trinajstić information content (AvgIpc) is 2.72. The lowest BCUT2D eigenvalue weighted by molar-refractivity contribution is -0.148. The number of methoxy groups -OCH3 is 2. The fraction of sp³-hybridized carbons (Fsp3) is 0.364. The summed E-state index contributed by atoms with van der Waals surface area (Å²) in [7, 11) is 4.81. The quantitative estimate of drug-likeness (QED) is 0.757. The zero-order valence-corrected chi connectivity index (χ0v) is 17.4. The van der Waals surface area contributed by atoms with E-state index in [1.54, 1.807) is 27.3 Å². The minimum Gasteiger partial charge on any atom is -0.493 e. The molecule has 1 aliphatic heterocycles. The maximum absolute atomic E-state index is 12.9. The highest BCUT2D eigenvalue weighted by Gasteiger charge is 2.49. The van der Waals surface area contributed by atoms with E-state index in [9.17, 15) is 9.59 Å². The van der Waals surface area contributed by atoms with Crippen LogP contribution in [-0.2, 0) is 16.0 Å². The van der Waals surface area contributed by atoms with Gasteiger partial charge in [-0.25, -0.2) is 0 Å². The van der Waals surface area contributed by atoms with Crippen LogP contribution in [-0.4, -0.2) is 45.2 Å². The highest BCUT2D eigenvalue weighted by molar-refractivity contribution is 6.16. The summed E-state index contributed by atoms with van der Waals surface area (Å²) in [6, 6.07) is 11.1. The van der Waals surface area contributed by atoms with Gasteiger partial charge in [-0.1, -0.05) is 12.1 Å². The van der Waals surface area contributed by atoms with Crippen molar-refractivity contribution in [1.82, 2.24) is 5.32 Å². The van der Waals surface area contributed by atoms with Crippen LogP contribution in [0.1, 0.15) is 18.1 Å². The number of ether oxygens (including phenoxy) is 3. The van der Waals surface area contributed by atoms with E-state index in [0.717, 1.165) is 11.1 Å². The summed E-state index contributed by atoms with van der Waals surface area (Å²) >= 11 is 0. The molecule has 0 bridgehead atoms. The molecule has 1 N–H and O–H groups in total. The second-order valence-electron chi connectivity index (χ2n) is 7.17. The molecule has 7 nitrogen and oxygen atoms in total. The van der Waals surface area contributed by atoms with Crippen molar-refractivity contribution in [2.24, 2.45) is 0 Å². The third kappa shape index (κ3) is 3.85. The number of amides is 2. The molecule has 0 fully saturated rings. The lowest BCUT2D eigenvalue weighted by Crippen LogP contribution is -2.61. The van der Waals surface area contributed by atoms with Crippen LogP contribution >= 0.6 is 0 Å². The van der Waals surface area contributed by atoms with E-state index in [1.807, 2.05) is 37.3 Å². The zero-order valence-electron chi connectivity index (χ0n) is 17.4. The summed E-state index contributed by atoms with van der Waals surface area (Å²) in [5, 5.41) is 2.82. The topological polar surface area (TPSA) is 77.1 Å². The van der Waals surface area contributed by atoms with Crippen molar-refractivity contribution in [2.75, 3.05) is 32.7 Å². The number of likely N-dealkylation sites (N-methyl/N-ethyl adjacent to an activating group) is 1. The Kier molecular flexibility index (Phi) is 5.68. The van der Waals surface area contributed by atoms with Gasteiger partial charge in [0.25, 0.3) is 17.4 Å². The van der Waals surface area contributed by atoms with Gasteiger partial charge in [0.2, 0.25) is 0 Å². The molecule has 154 valence electrons. The number of carbonyl (C=O) groups excluding carboxylic acids is 2. The van der Waals surface area contributed by atoms with Crippen LogP contribution in [0.4, 0.5) is 5.69 Å². The lowest BCUT2D eigenvalue weighted by atomic mass is 9.99. The van der Waals surface area contributed by atoms with Gasteiger partial charge in [-0.3, -0.25) is 9.59 Å². The van der Waals surface area contributed by atoms with Gasteiger partial charge >= 0.3 is 0 Å². The minimum absolute atomic E-state index is 0.352. The van der Waals surface area contributed by atoms with Gasteiger partial charge in [-0.2, -0.15) is 0 Å². The molecule has 0 aliphatic carbocycles. The normalized spacial score (nSPS) is 18.0. The van der Waals surface area contributed by atoms with Crippen LogP contribution in [0.25, 0.3) is 0 Å². The van der Waals surface area contributed by atoms with Crippen molar-refractivity contribution >= 4 is 17.5 Å². The van der Waals surface area contributed by atoms with E-state index in [4.69, 9.17) is 14.2 Å². The van der Waals surface area contributed by atoms with Gasteiger partial charge in [0.1, 0.15) is 5.75 Å². The summed E-state index contributed by atoms with van der Waals surface area (Å²) in [5.41, 5.74) is 1.02. The third-order valence-corrected chi connectivity index (χ3v) is 5.08. The number of rotatable bonds is 6. The van der Waals surface area contributed by atoms with Crippen molar-refractivity contribution in [3.8, 4) is 17.2 Å². The van der Waals surface area contributed by atoms with Gasteiger partial charge in [0.15, 0.2) is 11.5 Å². The Labute approximate surface area is 170 Å². The number of nitrogens with zero attached hydrogens (tertiary/aromatic N) is 1. The first-order chi connectivity index (χ1) is 13.8. The Morgan fingerprint density at radius 3 is 2.55 bits per heavy atom. The van der Waals surface area contributed by atoms with Gasteiger partial charge in [-0.15, -0.1) is 0 Å². The number of fused-ring (bicyclic) bond motifs is 1. The first-order valence-corrected chi connectivity index (χ1v) is 9.37. The van der Waals surface area contributed by atoms with Crippen LogP contribution in [0.15, 0.2) is 36.4 Å². The summed E-state index contributed by atoms with van der Waals surface area (Å²) in [5.74, 6) is 0.907. The Morgan fingerprint density at radius 1 is 1.14 bits per heavy atom. The number of nitrogens with one attached hydrogen (secondary N) is 1. The van der Waals surface area contributed by atoms with Crippen LogP contribution < -0.4 is 24.4 Å². The second kappa shape index (κ2) is 8.03. The third-order valence-electron chi connectivity index (χ3n) is 5.08. The number of hydrogen-bond acceptors (Lipinski definition) is 5. The van der Waals surface area contributed by atoms with E-state index in [0.29, 0.717) is 35.9 Å². The molecule has 2 amide bonds. The molecule has 0 aromatic heterocycles. The van der Waals surface area contributed by atoms with Gasteiger partial charge < -0.3 is 24.4 Å². The highest BCUT2D eigenvalue weighted by atomic mass is 16.5. The van der Waals surface area contributed by atoms with Crippen LogP contribution in [0, 0.1) is 6.92 Å². The monoisotopic (exact) mass is 398 g/mol. The zero-order chi connectivity index (χ0) is 21.2. The predicted molar refractivity (Wildman–Crippen MR) is 110 cm³/mol. The molecule has 1 aliphatic rings. The molecule has 0 spiro atoms. The molecule has 1 atom stereocenters. The first-order valence-electron chi connectivity index (χ1n) is 9.37. The number of benzene rings is 2. The maximum Gasteiger partial charge on any atom is 0.280 e. The van der Waals surface area contributed by atoms with Gasteiger partial charge in [-0.05, 0) is 55.7 Å². The summed E-state index contributed by atoms with van der Waals surface area (Å²) in [6.07, 6.45) is 0.571. The van der Waals surface area contributed by atoms with Crippen molar-refractivity contribution in [1.29, 1.82) is 0 Å². The molecule has 1 unspecified atom stereocenters. The number of aryl methyl sites for hydroxylation is 1. The summed E-state index contributed by atoms with van der Waals surface area (Å²) in [6.45, 7) is 3.79. The highest BCUT2D eigenvalue weighted by Crippen LogP contribution is 2.37. The molecule has 0 saturated heterocycles. The van der Waals surface area contributed by atoms with Gasteiger partial charge in [0.05, 0.1) is 19.9 Å². The van der Waals surface area contributed by atoms with E-state index < -0.39 is 17.4 Å². The van der Waals surface area contributed by atoms with Crippen molar-refractivity contribution in [3.05, 3.63) is 47.5 Å². The molecule has 7 heteroatoms. The number of hydrogen-bond donors (Lipinski definition) is 1. The largest absolute Gasteiger partial charge is 0.493 e. The summed E-state index contributed by atoms with van der Waals surface area (Å²) in [4.78, 5) is 27.2.